The van der Waals surface area contributed by atoms with E-state index in [1.807, 2.05) is 0 Å². The fourth-order valence-electron chi connectivity index (χ4n) is 2.12. The number of nitrogens with one attached hydrogen (secondary N) is 1. The van der Waals surface area contributed by atoms with Gasteiger partial charge in [0.1, 0.15) is 16.9 Å². The number of hydrogen-bond acceptors (Lipinski definition) is 2. The molecule has 1 aliphatic rings. The Bertz CT molecular complexity index is 580. The molecule has 0 saturated carbocycles. The molecule has 0 aliphatic carbocycles. The van der Waals surface area contributed by atoms with Gasteiger partial charge in [-0.15, -0.1) is 0 Å². The van der Waals surface area contributed by atoms with E-state index in [2.05, 4.69) is 5.32 Å². The van der Waals surface area contributed by atoms with Crippen LogP contribution < -0.4 is 10.2 Å². The largest absolute Gasteiger partial charge is 0.344 e. The van der Waals surface area contributed by atoms with E-state index in [0.717, 1.165) is 17.0 Å². The minimum atomic E-state index is -1.00. The van der Waals surface area contributed by atoms with E-state index in [1.54, 1.807) is 6.92 Å². The fourth-order valence-corrected chi connectivity index (χ4v) is 2.28. The van der Waals surface area contributed by atoms with Crippen molar-refractivity contribution >= 4 is 29.1 Å². The summed E-state index contributed by atoms with van der Waals surface area (Å²) in [6.45, 7) is 1.71. The first-order chi connectivity index (χ1) is 9.32. The molecule has 1 fully saturated rings. The van der Waals surface area contributed by atoms with Crippen LogP contribution in [0, 0.1) is 17.6 Å². The van der Waals surface area contributed by atoms with Crippen molar-refractivity contribution in [1.82, 2.24) is 5.32 Å². The summed E-state index contributed by atoms with van der Waals surface area (Å²) in [5.74, 6) is -2.84. The van der Waals surface area contributed by atoms with Gasteiger partial charge in [-0.05, 0) is 18.6 Å². The number of halogens is 3. The predicted octanol–water partition coefficient (Wildman–Crippen LogP) is 2.11. The molecule has 20 heavy (non-hydrogen) atoms. The lowest BCUT2D eigenvalue weighted by Gasteiger charge is -2.22. The molecule has 0 bridgehead atoms. The molecule has 108 valence electrons. The second-order valence-corrected chi connectivity index (χ2v) is 5.17. The highest BCUT2D eigenvalue weighted by Gasteiger charge is 2.35. The number of carbonyl (C=O) groups is 2. The van der Waals surface area contributed by atoms with E-state index in [-0.39, 0.29) is 17.5 Å². The van der Waals surface area contributed by atoms with Crippen LogP contribution >= 0.6 is 11.6 Å². The highest BCUT2D eigenvalue weighted by Crippen LogP contribution is 2.28. The smallest absolute Gasteiger partial charge is 0.249 e. The van der Waals surface area contributed by atoms with Crippen LogP contribution in [0.3, 0.4) is 0 Å². The summed E-state index contributed by atoms with van der Waals surface area (Å²) in [5.41, 5.74) is -0.129. The van der Waals surface area contributed by atoms with E-state index >= 15 is 0 Å². The average Bonchev–Trinajstić information content (AvgIpc) is 2.75. The number of amides is 2. The molecule has 1 saturated heterocycles. The minimum Gasteiger partial charge on any atom is -0.344 e. The molecule has 0 radical (unpaired) electrons. The Morgan fingerprint density at radius 1 is 1.45 bits per heavy atom. The van der Waals surface area contributed by atoms with Gasteiger partial charge >= 0.3 is 0 Å². The van der Waals surface area contributed by atoms with Crippen LogP contribution in [0.5, 0.6) is 0 Å². The lowest BCUT2D eigenvalue weighted by Crippen LogP contribution is -2.43. The van der Waals surface area contributed by atoms with E-state index in [1.165, 1.54) is 7.05 Å². The molecule has 1 heterocycles. The van der Waals surface area contributed by atoms with Gasteiger partial charge in [-0.3, -0.25) is 9.59 Å². The van der Waals surface area contributed by atoms with Crippen molar-refractivity contribution in [2.45, 2.75) is 19.4 Å². The van der Waals surface area contributed by atoms with Gasteiger partial charge in [0.15, 0.2) is 5.82 Å². The van der Waals surface area contributed by atoms with Gasteiger partial charge in [-0.2, -0.15) is 0 Å². The zero-order valence-electron chi connectivity index (χ0n) is 10.9. The van der Waals surface area contributed by atoms with Gasteiger partial charge in [0.25, 0.3) is 0 Å². The van der Waals surface area contributed by atoms with Crippen molar-refractivity contribution in [2.75, 3.05) is 11.9 Å². The highest BCUT2D eigenvalue weighted by molar-refractivity contribution is 6.31. The van der Waals surface area contributed by atoms with Crippen molar-refractivity contribution < 1.29 is 18.4 Å². The molecule has 1 aliphatic heterocycles. The summed E-state index contributed by atoms with van der Waals surface area (Å²) >= 11 is 5.48. The second-order valence-electron chi connectivity index (χ2n) is 4.79. The Hall–Kier alpha value is -1.69. The van der Waals surface area contributed by atoms with Crippen LogP contribution in [0.4, 0.5) is 14.5 Å². The third kappa shape index (κ3) is 2.47. The lowest BCUT2D eigenvalue weighted by molar-refractivity contribution is -0.125. The van der Waals surface area contributed by atoms with E-state index in [9.17, 15) is 18.4 Å². The zero-order valence-corrected chi connectivity index (χ0v) is 11.7. The van der Waals surface area contributed by atoms with Gasteiger partial charge < -0.3 is 10.2 Å². The Morgan fingerprint density at radius 3 is 2.65 bits per heavy atom. The number of rotatable bonds is 2. The molecule has 0 spiro atoms. The van der Waals surface area contributed by atoms with Gasteiger partial charge in [0, 0.05) is 13.0 Å². The van der Waals surface area contributed by atoms with Crippen LogP contribution in [0.1, 0.15) is 13.3 Å². The maximum atomic E-state index is 13.9. The fraction of sp³-hybridized carbons (Fsp3) is 0.385. The Kier molecular flexibility index (Phi) is 3.94. The van der Waals surface area contributed by atoms with E-state index in [4.69, 9.17) is 11.6 Å². The lowest BCUT2D eigenvalue weighted by atomic mass is 10.1. The zero-order chi connectivity index (χ0) is 15.0. The molecule has 4 nitrogen and oxygen atoms in total. The van der Waals surface area contributed by atoms with Gasteiger partial charge in [-0.25, -0.2) is 8.78 Å². The van der Waals surface area contributed by atoms with Crippen LogP contribution in [0.25, 0.3) is 0 Å². The Labute approximate surface area is 119 Å². The third-order valence-electron chi connectivity index (χ3n) is 3.36. The number of nitrogens with zero attached hydrogens (tertiary/aromatic N) is 1. The van der Waals surface area contributed by atoms with Gasteiger partial charge in [0.2, 0.25) is 11.8 Å². The van der Waals surface area contributed by atoms with Crippen molar-refractivity contribution in [2.24, 2.45) is 5.92 Å². The molecule has 1 N–H and O–H groups in total. The Morgan fingerprint density at radius 2 is 2.10 bits per heavy atom. The van der Waals surface area contributed by atoms with Crippen molar-refractivity contribution in [3.8, 4) is 0 Å². The molecular weight excluding hydrogens is 290 g/mol. The molecule has 2 amide bonds. The molecule has 0 aromatic heterocycles. The van der Waals surface area contributed by atoms with Crippen molar-refractivity contribution in [3.63, 3.8) is 0 Å². The third-order valence-corrected chi connectivity index (χ3v) is 3.70. The highest BCUT2D eigenvalue weighted by atomic mass is 35.5. The van der Waals surface area contributed by atoms with Crippen molar-refractivity contribution in [1.29, 1.82) is 0 Å². The summed E-state index contributed by atoms with van der Waals surface area (Å²) in [6.07, 6.45) is 0.346. The van der Waals surface area contributed by atoms with Crippen LogP contribution in [0.2, 0.25) is 5.02 Å². The average molecular weight is 303 g/mol. The predicted molar refractivity (Wildman–Crippen MR) is 70.5 cm³/mol. The van der Waals surface area contributed by atoms with E-state index in [0.29, 0.717) is 6.42 Å². The van der Waals surface area contributed by atoms with Crippen LogP contribution in [-0.4, -0.2) is 24.9 Å². The molecular formula is C13H13ClF2N2O2. The SMILES string of the molecule is CC1C[C@@H](C(=O)N(C)c2ccc(F)c(Cl)c2F)NC1=O. The minimum absolute atomic E-state index is 0.129. The normalized spacial score (nSPS) is 21.8. The van der Waals surface area contributed by atoms with Crippen LogP contribution in [0.15, 0.2) is 12.1 Å². The molecule has 7 heteroatoms. The topological polar surface area (TPSA) is 49.4 Å². The first kappa shape index (κ1) is 14.7. The standard InChI is InChI=1S/C13H13ClF2N2O2/c1-6-5-8(17-12(6)19)13(20)18(2)9-4-3-7(15)10(14)11(9)16/h3-4,6,8H,5H2,1-2H3,(H,17,19)/t6?,8-/m0/s1. The van der Waals surface area contributed by atoms with Gasteiger partial charge in [-0.1, -0.05) is 18.5 Å². The molecule has 2 atom stereocenters. The monoisotopic (exact) mass is 302 g/mol. The first-order valence-corrected chi connectivity index (χ1v) is 6.42. The maximum absolute atomic E-state index is 13.9. The molecule has 1 aromatic rings. The molecule has 1 aromatic carbocycles. The van der Waals surface area contributed by atoms with Crippen LogP contribution in [-0.2, 0) is 9.59 Å². The van der Waals surface area contributed by atoms with Gasteiger partial charge in [0.05, 0.1) is 5.69 Å². The second kappa shape index (κ2) is 5.36. The maximum Gasteiger partial charge on any atom is 0.249 e. The molecule has 2 rings (SSSR count). The van der Waals surface area contributed by atoms with E-state index < -0.39 is 28.6 Å². The summed E-state index contributed by atoms with van der Waals surface area (Å²) in [7, 11) is 1.35. The summed E-state index contributed by atoms with van der Waals surface area (Å²) in [6, 6.07) is 1.42. The Balaban J connectivity index is 2.24. The quantitative estimate of drug-likeness (QED) is 0.851. The first-order valence-electron chi connectivity index (χ1n) is 6.04. The molecule has 1 unspecified atom stereocenters. The van der Waals surface area contributed by atoms with Crippen molar-refractivity contribution in [3.05, 3.63) is 28.8 Å². The summed E-state index contributed by atoms with van der Waals surface area (Å²) < 4.78 is 27.0. The summed E-state index contributed by atoms with van der Waals surface area (Å²) in [4.78, 5) is 24.6. The number of hydrogen-bond donors (Lipinski definition) is 1. The number of anilines is 1. The number of likely N-dealkylation sites (N-methyl/N-ethyl adjacent to an activating group) is 1. The number of benzene rings is 1. The summed E-state index contributed by atoms with van der Waals surface area (Å²) in [5, 5.41) is 1.88. The number of carbonyl (C=O) groups excluding carboxylic acids is 2.